The molecule has 0 unspecified atom stereocenters. The van der Waals surface area contributed by atoms with Crippen LogP contribution in [0.15, 0.2) is 17.0 Å². The van der Waals surface area contributed by atoms with Crippen LogP contribution in [-0.2, 0) is 14.8 Å². The van der Waals surface area contributed by atoms with Crippen LogP contribution in [0, 0.1) is 11.6 Å². The number of sulfonamides is 1. The molecule has 0 aliphatic heterocycles. The third-order valence-corrected chi connectivity index (χ3v) is 3.27. The second kappa shape index (κ2) is 6.62. The van der Waals surface area contributed by atoms with Crippen molar-refractivity contribution in [1.29, 1.82) is 0 Å². The summed E-state index contributed by atoms with van der Waals surface area (Å²) in [5.41, 5.74) is 0. The van der Waals surface area contributed by atoms with Gasteiger partial charge in [-0.1, -0.05) is 0 Å². The van der Waals surface area contributed by atoms with Gasteiger partial charge in [0.2, 0.25) is 15.9 Å². The number of rotatable bonds is 6. The van der Waals surface area contributed by atoms with Crippen molar-refractivity contribution in [2.24, 2.45) is 5.14 Å². The fraction of sp³-hybridized carbons (Fsp3) is 0.364. The molecule has 0 fully saturated rings. The van der Waals surface area contributed by atoms with Crippen LogP contribution in [0.2, 0.25) is 0 Å². The summed E-state index contributed by atoms with van der Waals surface area (Å²) in [5, 5.41) is 7.25. The molecule has 0 saturated heterocycles. The molecule has 1 amide bonds. The Bertz CT molecular complexity index is 605. The van der Waals surface area contributed by atoms with Crippen LogP contribution in [0.3, 0.4) is 0 Å². The van der Waals surface area contributed by atoms with Gasteiger partial charge in [-0.05, 0) is 12.5 Å². The van der Waals surface area contributed by atoms with Crippen LogP contribution in [0.5, 0.6) is 5.75 Å². The average molecular weight is 308 g/mol. The fourth-order valence-corrected chi connectivity index (χ4v) is 2.11. The number of primary sulfonamides is 1. The zero-order chi connectivity index (χ0) is 15.3. The summed E-state index contributed by atoms with van der Waals surface area (Å²) in [6.45, 7) is -0.113. The fourth-order valence-electron chi connectivity index (χ4n) is 1.42. The van der Waals surface area contributed by atoms with Crippen molar-refractivity contribution in [3.05, 3.63) is 23.8 Å². The maximum absolute atomic E-state index is 13.5. The summed E-state index contributed by atoms with van der Waals surface area (Å²) in [6, 6.07) is 1.06. The van der Waals surface area contributed by atoms with Crippen LogP contribution in [-0.4, -0.2) is 28.0 Å². The van der Waals surface area contributed by atoms with Crippen LogP contribution in [0.25, 0.3) is 0 Å². The van der Waals surface area contributed by atoms with Crippen molar-refractivity contribution in [2.75, 3.05) is 13.7 Å². The number of nitrogens with two attached hydrogens (primary N) is 1. The molecule has 0 saturated carbocycles. The van der Waals surface area contributed by atoms with E-state index in [2.05, 4.69) is 5.32 Å². The van der Waals surface area contributed by atoms with Crippen LogP contribution >= 0.6 is 0 Å². The Hall–Kier alpha value is -1.74. The Kier molecular flexibility index (Phi) is 5.40. The summed E-state index contributed by atoms with van der Waals surface area (Å²) < 4.78 is 54.0. The highest BCUT2D eigenvalue weighted by molar-refractivity contribution is 7.89. The topological polar surface area (TPSA) is 98.5 Å². The highest BCUT2D eigenvalue weighted by Gasteiger charge is 2.21. The lowest BCUT2D eigenvalue weighted by molar-refractivity contribution is -0.120. The lowest BCUT2D eigenvalue weighted by Gasteiger charge is -2.11. The van der Waals surface area contributed by atoms with Crippen LogP contribution in [0.4, 0.5) is 8.78 Å². The van der Waals surface area contributed by atoms with E-state index in [0.29, 0.717) is 12.1 Å². The predicted molar refractivity (Wildman–Crippen MR) is 66.5 cm³/mol. The summed E-state index contributed by atoms with van der Waals surface area (Å²) in [5.74, 6) is -3.14. The van der Waals surface area contributed by atoms with Crippen LogP contribution in [0.1, 0.15) is 12.8 Å². The van der Waals surface area contributed by atoms with Gasteiger partial charge >= 0.3 is 0 Å². The van der Waals surface area contributed by atoms with Gasteiger partial charge in [0, 0.05) is 19.5 Å². The molecule has 1 rings (SSSR count). The van der Waals surface area contributed by atoms with Gasteiger partial charge in [0.15, 0.2) is 11.6 Å². The number of amides is 1. The van der Waals surface area contributed by atoms with E-state index in [1.807, 2.05) is 0 Å². The molecular weight excluding hydrogens is 294 g/mol. The SMILES string of the molecule is CNC(=O)CCCOc1c(F)cc(F)cc1S(N)(=O)=O. The Balaban J connectivity index is 2.87. The van der Waals surface area contributed by atoms with Gasteiger partial charge in [0.1, 0.15) is 10.7 Å². The molecule has 112 valence electrons. The molecule has 0 spiro atoms. The molecule has 0 radical (unpaired) electrons. The first-order chi connectivity index (χ1) is 9.25. The van der Waals surface area contributed by atoms with Crippen molar-refractivity contribution >= 4 is 15.9 Å². The van der Waals surface area contributed by atoms with E-state index in [0.717, 1.165) is 0 Å². The monoisotopic (exact) mass is 308 g/mol. The van der Waals surface area contributed by atoms with E-state index in [1.165, 1.54) is 7.05 Å². The smallest absolute Gasteiger partial charge is 0.241 e. The van der Waals surface area contributed by atoms with E-state index in [9.17, 15) is 22.0 Å². The van der Waals surface area contributed by atoms with Crippen molar-refractivity contribution in [2.45, 2.75) is 17.7 Å². The second-order valence-corrected chi connectivity index (χ2v) is 5.41. The van der Waals surface area contributed by atoms with E-state index in [1.54, 1.807) is 0 Å². The zero-order valence-corrected chi connectivity index (χ0v) is 11.5. The number of carbonyl (C=O) groups excluding carboxylic acids is 1. The summed E-state index contributed by atoms with van der Waals surface area (Å²) in [7, 11) is -2.86. The number of benzene rings is 1. The third kappa shape index (κ3) is 4.42. The largest absolute Gasteiger partial charge is 0.489 e. The molecule has 20 heavy (non-hydrogen) atoms. The van der Waals surface area contributed by atoms with Gasteiger partial charge in [-0.3, -0.25) is 4.79 Å². The third-order valence-electron chi connectivity index (χ3n) is 2.35. The first-order valence-electron chi connectivity index (χ1n) is 5.61. The summed E-state index contributed by atoms with van der Waals surface area (Å²) >= 11 is 0. The molecule has 0 aromatic heterocycles. The first kappa shape index (κ1) is 16.3. The molecular formula is C11H14F2N2O4S. The lowest BCUT2D eigenvalue weighted by Crippen LogP contribution is -2.19. The Morgan fingerprint density at radius 2 is 2.05 bits per heavy atom. The molecule has 0 atom stereocenters. The van der Waals surface area contributed by atoms with Gasteiger partial charge in [-0.25, -0.2) is 22.3 Å². The minimum atomic E-state index is -4.32. The Morgan fingerprint density at radius 3 is 2.60 bits per heavy atom. The molecule has 3 N–H and O–H groups in total. The molecule has 0 aliphatic carbocycles. The van der Waals surface area contributed by atoms with E-state index < -0.39 is 32.3 Å². The van der Waals surface area contributed by atoms with Crippen LogP contribution < -0.4 is 15.2 Å². The standard InChI is InChI=1S/C11H14F2N2O4S/c1-15-10(16)3-2-4-19-11-8(13)5-7(12)6-9(11)20(14,17)18/h5-6H,2-4H2,1H3,(H,15,16)(H2,14,17,18). The van der Waals surface area contributed by atoms with E-state index in [4.69, 9.17) is 9.88 Å². The maximum Gasteiger partial charge on any atom is 0.241 e. The quantitative estimate of drug-likeness (QED) is 0.748. The molecule has 9 heteroatoms. The molecule has 0 aliphatic rings. The second-order valence-electron chi connectivity index (χ2n) is 3.89. The van der Waals surface area contributed by atoms with Crippen molar-refractivity contribution in [1.82, 2.24) is 5.32 Å². The number of carbonyl (C=O) groups is 1. The average Bonchev–Trinajstić information content (AvgIpc) is 2.34. The molecule has 1 aromatic rings. The number of nitrogens with one attached hydrogen (secondary N) is 1. The highest BCUT2D eigenvalue weighted by atomic mass is 32.2. The Labute approximate surface area is 115 Å². The first-order valence-corrected chi connectivity index (χ1v) is 7.15. The van der Waals surface area contributed by atoms with Gasteiger partial charge < -0.3 is 10.1 Å². The molecule has 0 bridgehead atoms. The van der Waals surface area contributed by atoms with Crippen molar-refractivity contribution in [3.63, 3.8) is 0 Å². The minimum Gasteiger partial charge on any atom is -0.489 e. The van der Waals surface area contributed by atoms with E-state index >= 15 is 0 Å². The summed E-state index contributed by atoms with van der Waals surface area (Å²) in [4.78, 5) is 10.2. The minimum absolute atomic E-state index is 0.113. The van der Waals surface area contributed by atoms with E-state index in [-0.39, 0.29) is 25.4 Å². The van der Waals surface area contributed by atoms with Crippen molar-refractivity contribution < 1.29 is 26.7 Å². The molecule has 0 heterocycles. The van der Waals surface area contributed by atoms with Gasteiger partial charge in [0.05, 0.1) is 6.61 Å². The number of hydrogen-bond acceptors (Lipinski definition) is 4. The number of hydrogen-bond donors (Lipinski definition) is 2. The number of ether oxygens (including phenoxy) is 1. The summed E-state index contributed by atoms with van der Waals surface area (Å²) in [6.07, 6.45) is 0.366. The van der Waals surface area contributed by atoms with Crippen molar-refractivity contribution in [3.8, 4) is 5.75 Å². The highest BCUT2D eigenvalue weighted by Crippen LogP contribution is 2.27. The van der Waals surface area contributed by atoms with Gasteiger partial charge in [-0.2, -0.15) is 0 Å². The number of halogens is 2. The predicted octanol–water partition coefficient (Wildman–Crippen LogP) is 0.517. The van der Waals surface area contributed by atoms with Gasteiger partial charge in [-0.15, -0.1) is 0 Å². The molecule has 1 aromatic carbocycles. The molecule has 6 nitrogen and oxygen atoms in total. The Morgan fingerprint density at radius 1 is 1.40 bits per heavy atom. The normalized spacial score (nSPS) is 11.2. The van der Waals surface area contributed by atoms with Gasteiger partial charge in [0.25, 0.3) is 0 Å². The maximum atomic E-state index is 13.5. The lowest BCUT2D eigenvalue weighted by atomic mass is 10.3. The zero-order valence-electron chi connectivity index (χ0n) is 10.7.